The summed E-state index contributed by atoms with van der Waals surface area (Å²) in [4.78, 5) is 0. The average molecular weight is 206 g/mol. The van der Waals surface area contributed by atoms with Gasteiger partial charge in [0.1, 0.15) is 0 Å². The van der Waals surface area contributed by atoms with E-state index in [1.54, 1.807) is 0 Å². The highest BCUT2D eigenvalue weighted by atomic mass is 14.0. The first kappa shape index (κ1) is 14.2. The van der Waals surface area contributed by atoms with E-state index < -0.39 is 0 Å². The Labute approximate surface area is 95.8 Å². The van der Waals surface area contributed by atoms with E-state index in [0.29, 0.717) is 0 Å². The molecule has 0 aliphatic heterocycles. The van der Waals surface area contributed by atoms with Gasteiger partial charge in [-0.2, -0.15) is 0 Å². The number of hydrogen-bond donors (Lipinski definition) is 0. The van der Waals surface area contributed by atoms with E-state index >= 15 is 0 Å². The van der Waals surface area contributed by atoms with Crippen LogP contribution in [0.5, 0.6) is 0 Å². The van der Waals surface area contributed by atoms with E-state index in [4.69, 9.17) is 0 Å². The molecule has 0 aliphatic carbocycles. The summed E-state index contributed by atoms with van der Waals surface area (Å²) in [7, 11) is 0. The summed E-state index contributed by atoms with van der Waals surface area (Å²) in [5.74, 6) is 0.717. The molecule has 0 spiro atoms. The zero-order valence-electron chi connectivity index (χ0n) is 10.8. The summed E-state index contributed by atoms with van der Waals surface area (Å²) in [6.45, 7) is 8.69. The Morgan fingerprint density at radius 1 is 1.13 bits per heavy atom. The van der Waals surface area contributed by atoms with E-state index in [-0.39, 0.29) is 0 Å². The Morgan fingerprint density at radius 3 is 2.47 bits per heavy atom. The van der Waals surface area contributed by atoms with Crippen LogP contribution in [0.2, 0.25) is 0 Å². The van der Waals surface area contributed by atoms with Crippen LogP contribution in [0.15, 0.2) is 36.0 Å². The Hall–Kier alpha value is -0.780. The first-order chi connectivity index (χ1) is 7.20. The summed E-state index contributed by atoms with van der Waals surface area (Å²) >= 11 is 0. The highest BCUT2D eigenvalue weighted by molar-refractivity contribution is 5.00. The fourth-order valence-electron chi connectivity index (χ4n) is 1.60. The lowest BCUT2D eigenvalue weighted by Crippen LogP contribution is -1.88. The number of allylic oxidation sites excluding steroid dienone is 6. The standard InChI is InChI=1S/C15H26/c1-5-7-8-11-15(4)13-9-12-14(3)10-6-2/h5-7,10,13-14H,8-9,11-12H2,1-4H3/b7-5?,10-6-,15-13?. The van der Waals surface area contributed by atoms with E-state index in [0.717, 1.165) is 5.92 Å². The smallest absolute Gasteiger partial charge is 0.0259 e. The molecule has 0 saturated heterocycles. The molecular weight excluding hydrogens is 180 g/mol. The van der Waals surface area contributed by atoms with Crippen molar-refractivity contribution in [2.45, 2.75) is 53.4 Å². The van der Waals surface area contributed by atoms with Gasteiger partial charge in [0.25, 0.3) is 0 Å². The third-order valence-electron chi connectivity index (χ3n) is 2.58. The zero-order valence-corrected chi connectivity index (χ0v) is 10.8. The average Bonchev–Trinajstić information content (AvgIpc) is 2.18. The second kappa shape index (κ2) is 9.76. The molecule has 1 unspecified atom stereocenters. The van der Waals surface area contributed by atoms with Gasteiger partial charge in [-0.3, -0.25) is 0 Å². The third kappa shape index (κ3) is 9.52. The van der Waals surface area contributed by atoms with Gasteiger partial charge < -0.3 is 0 Å². The Balaban J connectivity index is 3.66. The van der Waals surface area contributed by atoms with Gasteiger partial charge >= 0.3 is 0 Å². The lowest BCUT2D eigenvalue weighted by Gasteiger charge is -2.03. The van der Waals surface area contributed by atoms with E-state index in [2.05, 4.69) is 58.1 Å². The normalized spacial score (nSPS) is 15.3. The molecule has 0 bridgehead atoms. The molecular formula is C15H26. The molecule has 0 amide bonds. The van der Waals surface area contributed by atoms with Gasteiger partial charge in [-0.1, -0.05) is 42.9 Å². The minimum Gasteiger partial charge on any atom is -0.0917 e. The molecule has 0 aromatic carbocycles. The largest absolute Gasteiger partial charge is 0.0917 e. The van der Waals surface area contributed by atoms with Crippen LogP contribution in [0.25, 0.3) is 0 Å². The molecule has 0 aromatic rings. The second-order valence-electron chi connectivity index (χ2n) is 4.24. The first-order valence-electron chi connectivity index (χ1n) is 6.10. The van der Waals surface area contributed by atoms with Crippen LogP contribution < -0.4 is 0 Å². The van der Waals surface area contributed by atoms with Gasteiger partial charge in [0.05, 0.1) is 0 Å². The van der Waals surface area contributed by atoms with Crippen LogP contribution in [-0.4, -0.2) is 0 Å². The van der Waals surface area contributed by atoms with Crippen molar-refractivity contribution in [3.8, 4) is 0 Å². The van der Waals surface area contributed by atoms with E-state index in [1.807, 2.05) is 0 Å². The summed E-state index contributed by atoms with van der Waals surface area (Å²) < 4.78 is 0. The lowest BCUT2D eigenvalue weighted by molar-refractivity contribution is 0.654. The fraction of sp³-hybridized carbons (Fsp3) is 0.600. The molecule has 0 rings (SSSR count). The van der Waals surface area contributed by atoms with Crippen molar-refractivity contribution in [3.63, 3.8) is 0 Å². The van der Waals surface area contributed by atoms with Crippen molar-refractivity contribution in [2.75, 3.05) is 0 Å². The Morgan fingerprint density at radius 2 is 1.87 bits per heavy atom. The lowest BCUT2D eigenvalue weighted by atomic mass is 10.0. The maximum Gasteiger partial charge on any atom is -0.0259 e. The van der Waals surface area contributed by atoms with Gasteiger partial charge in [0.2, 0.25) is 0 Å². The SMILES string of the molecule is CC=CCCC(C)=CCCC(C)/C=C\C. The monoisotopic (exact) mass is 206 g/mol. The molecule has 15 heavy (non-hydrogen) atoms. The van der Waals surface area contributed by atoms with Crippen molar-refractivity contribution >= 4 is 0 Å². The van der Waals surface area contributed by atoms with Gasteiger partial charge in [-0.05, 0) is 52.4 Å². The molecule has 0 heteroatoms. The van der Waals surface area contributed by atoms with Gasteiger partial charge in [0, 0.05) is 0 Å². The third-order valence-corrected chi connectivity index (χ3v) is 2.58. The molecule has 0 heterocycles. The van der Waals surface area contributed by atoms with Crippen molar-refractivity contribution < 1.29 is 0 Å². The molecule has 0 nitrogen and oxygen atoms in total. The zero-order chi connectivity index (χ0) is 11.5. The van der Waals surface area contributed by atoms with Crippen LogP contribution in [0.4, 0.5) is 0 Å². The molecule has 1 atom stereocenters. The Bertz CT molecular complexity index is 218. The molecule has 0 radical (unpaired) electrons. The van der Waals surface area contributed by atoms with Crippen molar-refractivity contribution in [2.24, 2.45) is 5.92 Å². The van der Waals surface area contributed by atoms with Gasteiger partial charge in [-0.25, -0.2) is 0 Å². The predicted octanol–water partition coefficient (Wildman–Crippen LogP) is 5.28. The number of hydrogen-bond acceptors (Lipinski definition) is 0. The Kier molecular flexibility index (Phi) is 9.26. The number of rotatable bonds is 7. The maximum absolute atomic E-state index is 2.39. The summed E-state index contributed by atoms with van der Waals surface area (Å²) in [6, 6.07) is 0. The predicted molar refractivity (Wildman–Crippen MR) is 71.0 cm³/mol. The quantitative estimate of drug-likeness (QED) is 0.497. The molecule has 0 fully saturated rings. The minimum atomic E-state index is 0.717. The van der Waals surface area contributed by atoms with Crippen molar-refractivity contribution in [1.29, 1.82) is 0 Å². The van der Waals surface area contributed by atoms with Crippen LogP contribution in [-0.2, 0) is 0 Å². The van der Waals surface area contributed by atoms with E-state index in [1.165, 1.54) is 31.3 Å². The topological polar surface area (TPSA) is 0 Å². The van der Waals surface area contributed by atoms with Crippen LogP contribution in [0.1, 0.15) is 53.4 Å². The summed E-state index contributed by atoms with van der Waals surface area (Å²) in [5.41, 5.74) is 1.53. The van der Waals surface area contributed by atoms with Crippen LogP contribution in [0, 0.1) is 5.92 Å². The highest BCUT2D eigenvalue weighted by Crippen LogP contribution is 2.11. The van der Waals surface area contributed by atoms with Gasteiger partial charge in [0.15, 0.2) is 0 Å². The maximum atomic E-state index is 2.39. The molecule has 86 valence electrons. The van der Waals surface area contributed by atoms with Crippen molar-refractivity contribution in [1.82, 2.24) is 0 Å². The molecule has 0 N–H and O–H groups in total. The van der Waals surface area contributed by atoms with Crippen LogP contribution in [0.3, 0.4) is 0 Å². The van der Waals surface area contributed by atoms with Gasteiger partial charge in [-0.15, -0.1) is 0 Å². The van der Waals surface area contributed by atoms with E-state index in [9.17, 15) is 0 Å². The fourth-order valence-corrected chi connectivity index (χ4v) is 1.60. The molecule has 0 aliphatic rings. The van der Waals surface area contributed by atoms with Crippen molar-refractivity contribution in [3.05, 3.63) is 36.0 Å². The minimum absolute atomic E-state index is 0.717. The van der Waals surface area contributed by atoms with Crippen LogP contribution >= 0.6 is 0 Å². The first-order valence-corrected chi connectivity index (χ1v) is 6.10. The molecule has 0 saturated carbocycles. The highest BCUT2D eigenvalue weighted by Gasteiger charge is 1.94. The summed E-state index contributed by atoms with van der Waals surface area (Å²) in [5, 5.41) is 0. The second-order valence-corrected chi connectivity index (χ2v) is 4.24. The molecule has 0 aromatic heterocycles. The summed E-state index contributed by atoms with van der Waals surface area (Å²) in [6.07, 6.45) is 16.1.